The molecule has 2 N–H and O–H groups in total. The van der Waals surface area contributed by atoms with Crippen LogP contribution < -0.4 is 5.32 Å². The van der Waals surface area contributed by atoms with Crippen LogP contribution in [0.4, 0.5) is 8.78 Å². The number of carboxylic acids is 1. The highest BCUT2D eigenvalue weighted by Crippen LogP contribution is 2.31. The molecule has 7 heteroatoms. The summed E-state index contributed by atoms with van der Waals surface area (Å²) in [6.45, 7) is -0.536. The van der Waals surface area contributed by atoms with Crippen LogP contribution in [0.1, 0.15) is 19.3 Å². The van der Waals surface area contributed by atoms with Gasteiger partial charge in [-0.1, -0.05) is 6.42 Å². The fourth-order valence-electron chi connectivity index (χ4n) is 2.12. The summed E-state index contributed by atoms with van der Waals surface area (Å²) in [5.41, 5.74) is 0. The van der Waals surface area contributed by atoms with Crippen LogP contribution in [0.3, 0.4) is 0 Å². The van der Waals surface area contributed by atoms with Crippen LogP contribution in [0.15, 0.2) is 0 Å². The number of carbonyl (C=O) groups is 2. The first-order chi connectivity index (χ1) is 8.52. The van der Waals surface area contributed by atoms with E-state index in [9.17, 15) is 18.4 Å². The van der Waals surface area contributed by atoms with E-state index in [1.54, 1.807) is 0 Å². The molecule has 1 aliphatic rings. The molecule has 1 rings (SSSR count). The van der Waals surface area contributed by atoms with Crippen molar-refractivity contribution in [1.29, 1.82) is 0 Å². The molecule has 1 saturated carbocycles. The van der Waals surface area contributed by atoms with Gasteiger partial charge < -0.3 is 15.2 Å². The average molecular weight is 265 g/mol. The molecule has 1 amide bonds. The predicted octanol–water partition coefficient (Wildman–Crippen LogP) is 0.885. The van der Waals surface area contributed by atoms with Gasteiger partial charge >= 0.3 is 5.97 Å². The van der Waals surface area contributed by atoms with Gasteiger partial charge in [-0.2, -0.15) is 0 Å². The molecule has 0 spiro atoms. The minimum atomic E-state index is -2.52. The van der Waals surface area contributed by atoms with Gasteiger partial charge in [0, 0.05) is 6.54 Å². The number of amides is 1. The maximum atomic E-state index is 11.7. The number of hydrogen-bond donors (Lipinski definition) is 2. The summed E-state index contributed by atoms with van der Waals surface area (Å²) < 4.78 is 28.1. The molecule has 0 bridgehead atoms. The Bertz CT molecular complexity index is 299. The number of alkyl halides is 2. The van der Waals surface area contributed by atoms with Crippen LogP contribution in [-0.2, 0) is 14.3 Å². The Hall–Kier alpha value is -1.24. The lowest BCUT2D eigenvalue weighted by atomic mass is 9.95. The Balaban J connectivity index is 2.22. The van der Waals surface area contributed by atoms with Gasteiger partial charge in [0.2, 0.25) is 5.91 Å². The number of hydrogen-bond acceptors (Lipinski definition) is 3. The van der Waals surface area contributed by atoms with Crippen molar-refractivity contribution in [2.75, 3.05) is 19.8 Å². The number of carbonyl (C=O) groups excluding carboxylic acids is 1. The first kappa shape index (κ1) is 14.8. The molecule has 1 fully saturated rings. The monoisotopic (exact) mass is 265 g/mol. The third kappa shape index (κ3) is 4.56. The lowest BCUT2D eigenvalue weighted by Crippen LogP contribution is -2.37. The highest BCUT2D eigenvalue weighted by atomic mass is 19.3. The van der Waals surface area contributed by atoms with E-state index in [1.165, 1.54) is 0 Å². The lowest BCUT2D eigenvalue weighted by Gasteiger charge is -2.15. The largest absolute Gasteiger partial charge is 0.481 e. The van der Waals surface area contributed by atoms with E-state index in [-0.39, 0.29) is 19.1 Å². The smallest absolute Gasteiger partial charge is 0.307 e. The summed E-state index contributed by atoms with van der Waals surface area (Å²) in [5.74, 6) is -2.44. The minimum absolute atomic E-state index is 0.000534. The summed E-state index contributed by atoms with van der Waals surface area (Å²) in [7, 11) is 0. The molecule has 0 aromatic carbocycles. The van der Waals surface area contributed by atoms with Gasteiger partial charge in [-0.3, -0.25) is 9.59 Å². The number of carboxylic acid groups (broad SMARTS) is 1. The Morgan fingerprint density at radius 1 is 1.33 bits per heavy atom. The molecule has 0 aromatic rings. The number of halogens is 2. The molecule has 0 radical (unpaired) electrons. The molecule has 2 atom stereocenters. The van der Waals surface area contributed by atoms with Gasteiger partial charge in [0.05, 0.1) is 18.4 Å². The second kappa shape index (κ2) is 7.25. The Morgan fingerprint density at radius 3 is 2.61 bits per heavy atom. The van der Waals surface area contributed by atoms with Crippen LogP contribution in [0.5, 0.6) is 0 Å². The average Bonchev–Trinajstić information content (AvgIpc) is 2.76. The molecular weight excluding hydrogens is 248 g/mol. The Kier molecular flexibility index (Phi) is 5.97. The molecule has 1 aliphatic carbocycles. The molecule has 0 saturated heterocycles. The summed E-state index contributed by atoms with van der Waals surface area (Å²) >= 11 is 0. The van der Waals surface area contributed by atoms with Gasteiger partial charge in [0.15, 0.2) is 0 Å². The van der Waals surface area contributed by atoms with Crippen molar-refractivity contribution in [3.8, 4) is 0 Å². The maximum Gasteiger partial charge on any atom is 0.307 e. The SMILES string of the molecule is O=C(O)C1CCCC1C(=O)NCCOCC(F)F. The molecule has 0 heterocycles. The van der Waals surface area contributed by atoms with Crippen molar-refractivity contribution < 1.29 is 28.2 Å². The van der Waals surface area contributed by atoms with Crippen LogP contribution in [0.2, 0.25) is 0 Å². The summed E-state index contributed by atoms with van der Waals surface area (Å²) in [5, 5.41) is 11.4. The summed E-state index contributed by atoms with van der Waals surface area (Å²) in [6.07, 6.45) is -0.737. The Morgan fingerprint density at radius 2 is 2.00 bits per heavy atom. The minimum Gasteiger partial charge on any atom is -0.481 e. The summed E-state index contributed by atoms with van der Waals surface area (Å²) in [4.78, 5) is 22.6. The molecule has 0 aliphatic heterocycles. The van der Waals surface area contributed by atoms with Crippen molar-refractivity contribution >= 4 is 11.9 Å². The molecule has 2 unspecified atom stereocenters. The van der Waals surface area contributed by atoms with Gasteiger partial charge in [0.25, 0.3) is 6.43 Å². The van der Waals surface area contributed by atoms with Crippen molar-refractivity contribution in [3.63, 3.8) is 0 Å². The zero-order chi connectivity index (χ0) is 13.5. The third-order valence-electron chi connectivity index (χ3n) is 2.96. The standard InChI is InChI=1S/C11H17F2NO4/c12-9(13)6-18-5-4-14-10(15)7-2-1-3-8(7)11(16)17/h7-9H,1-6H2,(H,14,15)(H,16,17). The number of nitrogens with one attached hydrogen (secondary N) is 1. The normalized spacial score (nSPS) is 23.3. The van der Waals surface area contributed by atoms with Gasteiger partial charge in [-0.15, -0.1) is 0 Å². The zero-order valence-corrected chi connectivity index (χ0v) is 9.90. The molecular formula is C11H17F2NO4. The van der Waals surface area contributed by atoms with E-state index in [1.807, 2.05) is 0 Å². The quantitative estimate of drug-likeness (QED) is 0.670. The molecule has 18 heavy (non-hydrogen) atoms. The van der Waals surface area contributed by atoms with Crippen molar-refractivity contribution in [2.24, 2.45) is 11.8 Å². The number of rotatable bonds is 7. The van der Waals surface area contributed by atoms with E-state index in [2.05, 4.69) is 10.1 Å². The second-order valence-electron chi connectivity index (χ2n) is 4.24. The van der Waals surface area contributed by atoms with Crippen LogP contribution >= 0.6 is 0 Å². The van der Waals surface area contributed by atoms with E-state index >= 15 is 0 Å². The van der Waals surface area contributed by atoms with Crippen molar-refractivity contribution in [3.05, 3.63) is 0 Å². The Labute approximate surface area is 103 Å². The van der Waals surface area contributed by atoms with Crippen LogP contribution in [0.25, 0.3) is 0 Å². The number of ether oxygens (including phenoxy) is 1. The summed E-state index contributed by atoms with van der Waals surface area (Å²) in [6, 6.07) is 0. The molecule has 104 valence electrons. The lowest BCUT2D eigenvalue weighted by molar-refractivity contribution is -0.146. The van der Waals surface area contributed by atoms with Crippen LogP contribution in [-0.4, -0.2) is 43.2 Å². The first-order valence-electron chi connectivity index (χ1n) is 5.88. The van der Waals surface area contributed by atoms with E-state index < -0.39 is 30.8 Å². The fourth-order valence-corrected chi connectivity index (χ4v) is 2.12. The van der Waals surface area contributed by atoms with E-state index in [0.717, 1.165) is 6.42 Å². The third-order valence-corrected chi connectivity index (χ3v) is 2.96. The van der Waals surface area contributed by atoms with E-state index in [4.69, 9.17) is 5.11 Å². The van der Waals surface area contributed by atoms with Crippen LogP contribution in [0, 0.1) is 11.8 Å². The van der Waals surface area contributed by atoms with E-state index in [0.29, 0.717) is 12.8 Å². The highest BCUT2D eigenvalue weighted by molar-refractivity contribution is 5.85. The first-order valence-corrected chi connectivity index (χ1v) is 5.88. The maximum absolute atomic E-state index is 11.7. The molecule has 5 nitrogen and oxygen atoms in total. The van der Waals surface area contributed by atoms with Crippen molar-refractivity contribution in [1.82, 2.24) is 5.32 Å². The van der Waals surface area contributed by atoms with Gasteiger partial charge in [0.1, 0.15) is 6.61 Å². The molecule has 0 aromatic heterocycles. The highest BCUT2D eigenvalue weighted by Gasteiger charge is 2.37. The topological polar surface area (TPSA) is 75.6 Å². The van der Waals surface area contributed by atoms with Gasteiger partial charge in [-0.05, 0) is 12.8 Å². The van der Waals surface area contributed by atoms with Crippen molar-refractivity contribution in [2.45, 2.75) is 25.7 Å². The zero-order valence-electron chi connectivity index (χ0n) is 9.90. The second-order valence-corrected chi connectivity index (χ2v) is 4.24. The predicted molar refractivity (Wildman–Crippen MR) is 58.3 cm³/mol. The van der Waals surface area contributed by atoms with Gasteiger partial charge in [-0.25, -0.2) is 8.78 Å². The number of aliphatic carboxylic acids is 1. The fraction of sp³-hybridized carbons (Fsp3) is 0.818.